The quantitative estimate of drug-likeness (QED) is 0.827. The molecule has 6 heteroatoms. The second kappa shape index (κ2) is 5.00. The van der Waals surface area contributed by atoms with Gasteiger partial charge in [0.2, 0.25) is 0 Å². The lowest BCUT2D eigenvalue weighted by molar-refractivity contribution is -0.141. The first-order valence-corrected chi connectivity index (χ1v) is 6.31. The highest BCUT2D eigenvalue weighted by Gasteiger charge is 2.42. The van der Waals surface area contributed by atoms with Gasteiger partial charge in [-0.05, 0) is 43.6 Å². The number of halogens is 3. The first-order chi connectivity index (χ1) is 8.98. The van der Waals surface area contributed by atoms with E-state index in [0.717, 1.165) is 38.4 Å². The third kappa shape index (κ3) is 2.54. The predicted molar refractivity (Wildman–Crippen MR) is 65.8 cm³/mol. The molecular formula is C13H17F3N2O. The van der Waals surface area contributed by atoms with Gasteiger partial charge >= 0.3 is 6.18 Å². The summed E-state index contributed by atoms with van der Waals surface area (Å²) in [5.74, 6) is -0.0231. The Hall–Kier alpha value is -1.30. The summed E-state index contributed by atoms with van der Waals surface area (Å²) in [6.45, 7) is 0. The Kier molecular flexibility index (Phi) is 3.71. The van der Waals surface area contributed by atoms with Crippen LogP contribution in [0.15, 0.2) is 0 Å². The van der Waals surface area contributed by atoms with Crippen LogP contribution < -0.4 is 5.73 Å². The van der Waals surface area contributed by atoms with Gasteiger partial charge in [-0.25, -0.2) is 4.98 Å². The number of nitrogens with zero attached hydrogens (tertiary/aromatic N) is 1. The number of aliphatic hydroxyl groups is 1. The maximum absolute atomic E-state index is 13.0. The first-order valence-electron chi connectivity index (χ1n) is 6.31. The van der Waals surface area contributed by atoms with Crippen molar-refractivity contribution in [2.75, 3.05) is 12.8 Å². The average molecular weight is 274 g/mol. The number of aromatic nitrogens is 1. The van der Waals surface area contributed by atoms with Crippen LogP contribution >= 0.6 is 0 Å². The number of fused-ring (bicyclic) bond motifs is 1. The Labute approximate surface area is 109 Å². The summed E-state index contributed by atoms with van der Waals surface area (Å²) in [7, 11) is 1.00. The summed E-state index contributed by atoms with van der Waals surface area (Å²) in [5, 5.41) is 7.00. The van der Waals surface area contributed by atoms with Gasteiger partial charge in [-0.2, -0.15) is 13.2 Å². The monoisotopic (exact) mass is 274 g/mol. The molecule has 3 N–H and O–H groups in total. The molecule has 2 aliphatic rings. The van der Waals surface area contributed by atoms with Crippen molar-refractivity contribution in [2.24, 2.45) is 0 Å². The minimum Gasteiger partial charge on any atom is -0.400 e. The summed E-state index contributed by atoms with van der Waals surface area (Å²) in [5.41, 5.74) is 7.24. The number of nitrogen functional groups attached to an aromatic ring is 1. The van der Waals surface area contributed by atoms with Crippen LogP contribution in [0.1, 0.15) is 47.7 Å². The molecule has 0 spiro atoms. The predicted octanol–water partition coefficient (Wildman–Crippen LogP) is 2.66. The molecule has 0 atom stereocenters. The Morgan fingerprint density at radius 3 is 2.37 bits per heavy atom. The fraction of sp³-hybridized carbons (Fsp3) is 0.615. The van der Waals surface area contributed by atoms with E-state index in [1.165, 1.54) is 0 Å². The number of nitrogens with two attached hydrogens (primary N) is 1. The average Bonchev–Trinajstić information content (AvgIpc) is 3.07. The van der Waals surface area contributed by atoms with Crippen LogP contribution in [-0.2, 0) is 19.0 Å². The van der Waals surface area contributed by atoms with E-state index >= 15 is 0 Å². The van der Waals surface area contributed by atoms with Gasteiger partial charge in [-0.3, -0.25) is 0 Å². The van der Waals surface area contributed by atoms with Gasteiger partial charge in [0.25, 0.3) is 0 Å². The molecule has 106 valence electrons. The van der Waals surface area contributed by atoms with Gasteiger partial charge in [0.05, 0.1) is 0 Å². The van der Waals surface area contributed by atoms with Gasteiger partial charge in [0.1, 0.15) is 5.69 Å². The second-order valence-electron chi connectivity index (χ2n) is 4.84. The lowest BCUT2D eigenvalue weighted by Gasteiger charge is -2.17. The van der Waals surface area contributed by atoms with Crippen molar-refractivity contribution in [3.8, 4) is 0 Å². The van der Waals surface area contributed by atoms with Crippen LogP contribution in [0.5, 0.6) is 0 Å². The molecule has 0 aromatic carbocycles. The largest absolute Gasteiger partial charge is 0.433 e. The van der Waals surface area contributed by atoms with Crippen molar-refractivity contribution >= 4 is 5.69 Å². The maximum atomic E-state index is 13.0. The number of anilines is 1. The molecule has 0 radical (unpaired) electrons. The number of alkyl halides is 3. The third-order valence-electron chi connectivity index (χ3n) is 3.56. The molecule has 1 aromatic rings. The molecule has 0 aliphatic heterocycles. The van der Waals surface area contributed by atoms with E-state index in [1.54, 1.807) is 0 Å². The van der Waals surface area contributed by atoms with Gasteiger partial charge in [-0.1, -0.05) is 0 Å². The van der Waals surface area contributed by atoms with Crippen molar-refractivity contribution in [2.45, 2.75) is 44.2 Å². The molecule has 19 heavy (non-hydrogen) atoms. The molecule has 3 rings (SSSR count). The summed E-state index contributed by atoms with van der Waals surface area (Å²) >= 11 is 0. The van der Waals surface area contributed by atoms with Crippen molar-refractivity contribution in [1.82, 2.24) is 4.98 Å². The minimum absolute atomic E-state index is 0.0231. The number of aryl methyl sites for hydroxylation is 1. The van der Waals surface area contributed by atoms with E-state index < -0.39 is 11.9 Å². The SMILES string of the molecule is CO.Nc1c2c(nc(C(F)(F)F)c1C1CC1)CCC2. The highest BCUT2D eigenvalue weighted by molar-refractivity contribution is 5.61. The number of aliphatic hydroxyl groups excluding tert-OH is 1. The summed E-state index contributed by atoms with van der Waals surface area (Å²) < 4.78 is 38.9. The van der Waals surface area contributed by atoms with Crippen molar-refractivity contribution in [3.63, 3.8) is 0 Å². The Morgan fingerprint density at radius 1 is 1.21 bits per heavy atom. The van der Waals surface area contributed by atoms with Crippen LogP contribution in [0.4, 0.5) is 18.9 Å². The molecular weight excluding hydrogens is 257 g/mol. The lowest BCUT2D eigenvalue weighted by atomic mass is 10.0. The van der Waals surface area contributed by atoms with E-state index in [1.807, 2.05) is 0 Å². The summed E-state index contributed by atoms with van der Waals surface area (Å²) in [6.07, 6.45) is -0.539. The third-order valence-corrected chi connectivity index (χ3v) is 3.56. The zero-order valence-electron chi connectivity index (χ0n) is 10.7. The van der Waals surface area contributed by atoms with Crippen LogP contribution in [0.25, 0.3) is 0 Å². The molecule has 1 fully saturated rings. The van der Waals surface area contributed by atoms with Crippen LogP contribution in [0.2, 0.25) is 0 Å². The Morgan fingerprint density at radius 2 is 1.84 bits per heavy atom. The van der Waals surface area contributed by atoms with Crippen molar-refractivity contribution < 1.29 is 18.3 Å². The molecule has 1 aromatic heterocycles. The van der Waals surface area contributed by atoms with Crippen LogP contribution in [-0.4, -0.2) is 17.2 Å². The standard InChI is InChI=1S/C12H13F3N2.CH4O/c13-12(14,15)11-9(6-4-5-6)10(16)7-2-1-3-8(7)17-11;1-2/h6H,1-5H2,(H2,16,17);2H,1H3. The maximum Gasteiger partial charge on any atom is 0.433 e. The zero-order valence-corrected chi connectivity index (χ0v) is 10.7. The fourth-order valence-electron chi connectivity index (χ4n) is 2.63. The van der Waals surface area contributed by atoms with Crippen LogP contribution in [0, 0.1) is 0 Å². The molecule has 1 heterocycles. The molecule has 3 nitrogen and oxygen atoms in total. The van der Waals surface area contributed by atoms with Crippen molar-refractivity contribution in [3.05, 3.63) is 22.5 Å². The second-order valence-corrected chi connectivity index (χ2v) is 4.84. The lowest BCUT2D eigenvalue weighted by Crippen LogP contribution is -2.16. The number of rotatable bonds is 1. The molecule has 0 unspecified atom stereocenters. The van der Waals surface area contributed by atoms with Gasteiger partial charge < -0.3 is 10.8 Å². The van der Waals surface area contributed by atoms with Gasteiger partial charge in [-0.15, -0.1) is 0 Å². The normalized spacial score (nSPS) is 17.7. The van der Waals surface area contributed by atoms with Crippen LogP contribution in [0.3, 0.4) is 0 Å². The molecule has 1 saturated carbocycles. The Bertz CT molecular complexity index is 482. The number of hydrogen-bond acceptors (Lipinski definition) is 3. The van der Waals surface area contributed by atoms with E-state index in [4.69, 9.17) is 10.8 Å². The Balaban J connectivity index is 0.000000637. The first kappa shape index (κ1) is 14.1. The van der Waals surface area contributed by atoms with E-state index in [0.29, 0.717) is 17.8 Å². The fourth-order valence-corrected chi connectivity index (χ4v) is 2.63. The number of pyridine rings is 1. The zero-order chi connectivity index (χ0) is 14.2. The van der Waals surface area contributed by atoms with Gasteiger partial charge in [0, 0.05) is 24.1 Å². The van der Waals surface area contributed by atoms with Crippen molar-refractivity contribution in [1.29, 1.82) is 0 Å². The highest BCUT2D eigenvalue weighted by atomic mass is 19.4. The molecule has 0 bridgehead atoms. The smallest absolute Gasteiger partial charge is 0.400 e. The molecule has 0 saturated heterocycles. The molecule has 0 amide bonds. The van der Waals surface area contributed by atoms with E-state index in [-0.39, 0.29) is 11.5 Å². The summed E-state index contributed by atoms with van der Waals surface area (Å²) in [6, 6.07) is 0. The highest BCUT2D eigenvalue weighted by Crippen LogP contribution is 2.49. The minimum atomic E-state index is -4.39. The summed E-state index contributed by atoms with van der Waals surface area (Å²) in [4.78, 5) is 3.84. The molecule has 2 aliphatic carbocycles. The topological polar surface area (TPSA) is 59.1 Å². The van der Waals surface area contributed by atoms with Gasteiger partial charge in [0.15, 0.2) is 0 Å². The van der Waals surface area contributed by atoms with E-state index in [9.17, 15) is 13.2 Å². The number of hydrogen-bond donors (Lipinski definition) is 2. The van der Waals surface area contributed by atoms with E-state index in [2.05, 4.69) is 4.98 Å².